The van der Waals surface area contributed by atoms with Gasteiger partial charge in [0.1, 0.15) is 6.04 Å². The molecule has 11 nitrogen and oxygen atoms in total. The molecule has 2 bridgehead atoms. The van der Waals surface area contributed by atoms with Gasteiger partial charge < -0.3 is 36.0 Å². The lowest BCUT2D eigenvalue weighted by Gasteiger charge is -2.51. The number of halogens is 1. The van der Waals surface area contributed by atoms with Crippen molar-refractivity contribution >= 4 is 40.9 Å². The second-order valence-corrected chi connectivity index (χ2v) is 14.6. The van der Waals surface area contributed by atoms with Crippen molar-refractivity contribution in [1.29, 1.82) is 0 Å². The largest absolute Gasteiger partial charge is 0.397 e. The Hall–Kier alpha value is -3.54. The number of nitrogen functional groups attached to an aromatic ring is 1. The smallest absolute Gasteiger partial charge is 0.322 e. The van der Waals surface area contributed by atoms with Crippen LogP contribution in [0.1, 0.15) is 49.3 Å². The summed E-state index contributed by atoms with van der Waals surface area (Å²) in [5, 5.41) is 6.60. The van der Waals surface area contributed by atoms with E-state index < -0.39 is 6.04 Å². The molecule has 8 rings (SSSR count). The normalized spacial score (nSPS) is 25.4. The Morgan fingerprint density at radius 2 is 1.71 bits per heavy atom. The lowest BCUT2D eigenvalue weighted by Crippen LogP contribution is -2.63. The number of hydrogen-bond acceptors (Lipinski definition) is 6. The number of nitrogens with one attached hydrogen (secondary N) is 2. The first-order chi connectivity index (χ1) is 23.3. The van der Waals surface area contributed by atoms with Crippen LogP contribution in [0.3, 0.4) is 0 Å². The standard InChI is InChI=1S/C36H49ClN8O3/c1-2-25-19-24(20-29(37)33(25)38)21-31(34(46)43-17-15-42(16-18-43)32-23-41-11-7-26(32)8-12-41)40-35(47)44-13-9-28(10-14-44)45-22-27-5-3-4-6-30(27)39-36(45)48/h3-6,19-20,26,28,31-32H,2,7-18,21-23,38H2,1H3,(H,39,48)(H,40,47)/t31-,32?/m1/s1. The Bertz CT molecular complexity index is 1510. The van der Waals surface area contributed by atoms with E-state index in [1.54, 1.807) is 4.90 Å². The van der Waals surface area contributed by atoms with Gasteiger partial charge in [-0.05, 0) is 79.9 Å². The average Bonchev–Trinajstić information content (AvgIpc) is 3.12. The Morgan fingerprint density at radius 1 is 0.979 bits per heavy atom. The molecule has 5 saturated heterocycles. The molecule has 6 aliphatic heterocycles. The van der Waals surface area contributed by atoms with Crippen molar-refractivity contribution in [2.45, 2.75) is 70.1 Å². The van der Waals surface area contributed by atoms with Crippen molar-refractivity contribution in [2.24, 2.45) is 5.92 Å². The summed E-state index contributed by atoms with van der Waals surface area (Å²) in [6.45, 7) is 10.2. The number of nitrogens with two attached hydrogens (primary N) is 1. The van der Waals surface area contributed by atoms with Crippen LogP contribution in [0.15, 0.2) is 36.4 Å². The van der Waals surface area contributed by atoms with Crippen molar-refractivity contribution in [3.05, 3.63) is 58.1 Å². The highest BCUT2D eigenvalue weighted by atomic mass is 35.5. The summed E-state index contributed by atoms with van der Waals surface area (Å²) in [6, 6.07) is 11.3. The Balaban J connectivity index is 1.00. The van der Waals surface area contributed by atoms with E-state index in [1.165, 1.54) is 25.9 Å². The van der Waals surface area contributed by atoms with Crippen LogP contribution in [0.25, 0.3) is 0 Å². The number of anilines is 2. The molecule has 0 saturated carbocycles. The quantitative estimate of drug-likeness (QED) is 0.384. The SMILES string of the molecule is CCc1cc(C[C@@H](NC(=O)N2CCC(N3Cc4ccccc4NC3=O)CC2)C(=O)N2CCN(C3CN4CCC3CC4)CC2)cc(Cl)c1N. The van der Waals surface area contributed by atoms with Crippen molar-refractivity contribution < 1.29 is 14.4 Å². The molecule has 12 heteroatoms. The number of carbonyl (C=O) groups excluding carboxylic acids is 3. The number of fused-ring (bicyclic) bond motifs is 4. The maximum atomic E-state index is 14.2. The average molecular weight is 677 g/mol. The number of rotatable bonds is 7. The number of hydrogen-bond donors (Lipinski definition) is 3. The number of likely N-dealkylation sites (tertiary alicyclic amines) is 1. The van der Waals surface area contributed by atoms with Gasteiger partial charge in [-0.15, -0.1) is 0 Å². The van der Waals surface area contributed by atoms with Crippen LogP contribution in [0.2, 0.25) is 5.02 Å². The molecule has 5 amide bonds. The molecule has 6 aliphatic rings. The summed E-state index contributed by atoms with van der Waals surface area (Å²) in [7, 11) is 0. The summed E-state index contributed by atoms with van der Waals surface area (Å²) >= 11 is 6.51. The number of amides is 5. The topological polar surface area (TPSA) is 117 Å². The van der Waals surface area contributed by atoms with Gasteiger partial charge >= 0.3 is 12.1 Å². The van der Waals surface area contributed by atoms with E-state index in [1.807, 2.05) is 53.1 Å². The van der Waals surface area contributed by atoms with Crippen LogP contribution in [-0.4, -0.2) is 119 Å². The zero-order valence-corrected chi connectivity index (χ0v) is 28.8. The minimum absolute atomic E-state index is 0.0386. The van der Waals surface area contributed by atoms with E-state index >= 15 is 0 Å². The number of benzene rings is 2. The van der Waals surface area contributed by atoms with E-state index in [9.17, 15) is 14.4 Å². The molecular weight excluding hydrogens is 628 g/mol. The molecule has 0 radical (unpaired) electrons. The lowest BCUT2D eigenvalue weighted by molar-refractivity contribution is -0.136. The molecule has 2 aromatic rings. The highest BCUT2D eigenvalue weighted by Gasteiger charge is 2.40. The Kier molecular flexibility index (Phi) is 9.71. The van der Waals surface area contributed by atoms with Crippen LogP contribution in [0.4, 0.5) is 21.0 Å². The van der Waals surface area contributed by atoms with Crippen LogP contribution in [0, 0.1) is 5.92 Å². The highest BCUT2D eigenvalue weighted by Crippen LogP contribution is 2.32. The number of aryl methyl sites for hydroxylation is 1. The fourth-order valence-corrected chi connectivity index (χ4v) is 8.82. The molecule has 6 heterocycles. The van der Waals surface area contributed by atoms with Crippen molar-refractivity contribution in [2.75, 3.05) is 70.0 Å². The van der Waals surface area contributed by atoms with Gasteiger partial charge in [-0.3, -0.25) is 9.69 Å². The fourth-order valence-electron chi connectivity index (χ4n) is 8.56. The third kappa shape index (κ3) is 6.82. The minimum atomic E-state index is -0.729. The van der Waals surface area contributed by atoms with Gasteiger partial charge in [-0.1, -0.05) is 42.8 Å². The summed E-state index contributed by atoms with van der Waals surface area (Å²) in [5.41, 5.74) is 10.6. The lowest BCUT2D eigenvalue weighted by atomic mass is 9.83. The van der Waals surface area contributed by atoms with Gasteiger partial charge in [-0.25, -0.2) is 9.59 Å². The zero-order valence-electron chi connectivity index (χ0n) is 28.0. The third-order valence-corrected chi connectivity index (χ3v) is 11.8. The summed E-state index contributed by atoms with van der Waals surface area (Å²) < 4.78 is 0. The molecule has 0 aromatic heterocycles. The molecular formula is C36H49ClN8O3. The fraction of sp³-hybridized carbons (Fsp3) is 0.583. The van der Waals surface area contributed by atoms with Crippen LogP contribution >= 0.6 is 11.6 Å². The van der Waals surface area contributed by atoms with Gasteiger partial charge in [0.15, 0.2) is 0 Å². The second kappa shape index (κ2) is 14.1. The monoisotopic (exact) mass is 676 g/mol. The number of nitrogens with zero attached hydrogens (tertiary/aromatic N) is 5. The van der Waals surface area contributed by atoms with Gasteiger partial charge in [0, 0.05) is 76.5 Å². The first kappa shape index (κ1) is 33.0. The molecule has 2 atom stereocenters. The summed E-state index contributed by atoms with van der Waals surface area (Å²) in [6.07, 6.45) is 4.96. The molecule has 48 heavy (non-hydrogen) atoms. The van der Waals surface area contributed by atoms with Gasteiger partial charge in [0.2, 0.25) is 5.91 Å². The number of carbonyl (C=O) groups is 3. The molecule has 0 spiro atoms. The number of piperidine rings is 4. The zero-order chi connectivity index (χ0) is 33.4. The molecule has 1 unspecified atom stereocenters. The van der Waals surface area contributed by atoms with Crippen molar-refractivity contribution in [3.8, 4) is 0 Å². The Labute approximate surface area is 288 Å². The molecule has 0 aliphatic carbocycles. The second-order valence-electron chi connectivity index (χ2n) is 14.2. The Morgan fingerprint density at radius 3 is 2.40 bits per heavy atom. The highest BCUT2D eigenvalue weighted by molar-refractivity contribution is 6.33. The maximum Gasteiger partial charge on any atom is 0.322 e. The van der Waals surface area contributed by atoms with Crippen molar-refractivity contribution in [3.63, 3.8) is 0 Å². The number of urea groups is 2. The van der Waals surface area contributed by atoms with Crippen molar-refractivity contribution in [1.82, 2.24) is 29.8 Å². The summed E-state index contributed by atoms with van der Waals surface area (Å²) in [4.78, 5) is 51.6. The third-order valence-electron chi connectivity index (χ3n) is 11.5. The van der Waals surface area contributed by atoms with Crippen LogP contribution in [0.5, 0.6) is 0 Å². The number of para-hydroxylation sites is 1. The molecule has 258 valence electrons. The first-order valence-corrected chi connectivity index (χ1v) is 18.2. The van der Waals surface area contributed by atoms with Gasteiger partial charge in [0.05, 0.1) is 10.7 Å². The molecule has 4 N–H and O–H groups in total. The van der Waals surface area contributed by atoms with Gasteiger partial charge in [0.25, 0.3) is 0 Å². The van der Waals surface area contributed by atoms with Crippen LogP contribution in [-0.2, 0) is 24.2 Å². The molecule has 5 fully saturated rings. The van der Waals surface area contributed by atoms with E-state index in [0.29, 0.717) is 68.7 Å². The summed E-state index contributed by atoms with van der Waals surface area (Å²) in [5.74, 6) is 0.706. The van der Waals surface area contributed by atoms with E-state index in [0.717, 1.165) is 54.4 Å². The maximum absolute atomic E-state index is 14.2. The molecule has 2 aromatic carbocycles. The predicted octanol–water partition coefficient (Wildman–Crippen LogP) is 3.86. The predicted molar refractivity (Wildman–Crippen MR) is 188 cm³/mol. The van der Waals surface area contributed by atoms with E-state index in [-0.39, 0.29) is 24.0 Å². The van der Waals surface area contributed by atoms with Gasteiger partial charge in [-0.2, -0.15) is 0 Å². The van der Waals surface area contributed by atoms with E-state index in [4.69, 9.17) is 17.3 Å². The van der Waals surface area contributed by atoms with E-state index in [2.05, 4.69) is 20.4 Å². The minimum Gasteiger partial charge on any atom is -0.397 e. The van der Waals surface area contributed by atoms with Crippen LogP contribution < -0.4 is 16.4 Å². The first-order valence-electron chi connectivity index (χ1n) is 17.8. The number of piperazine rings is 1.